The molecule has 0 N–H and O–H groups in total. The summed E-state index contributed by atoms with van der Waals surface area (Å²) in [5.74, 6) is -0.299. The minimum atomic E-state index is -0.530. The largest absolute Gasteiger partial charge is 0.454 e. The SMILES string of the molecule is CCCCCC(=O)OC1CCC(C)=CC1=O. The van der Waals surface area contributed by atoms with E-state index in [1.54, 1.807) is 6.08 Å². The third-order valence-corrected chi connectivity index (χ3v) is 2.77. The smallest absolute Gasteiger partial charge is 0.306 e. The van der Waals surface area contributed by atoms with Crippen molar-refractivity contribution in [2.24, 2.45) is 0 Å². The van der Waals surface area contributed by atoms with Crippen LogP contribution in [0.1, 0.15) is 52.4 Å². The quantitative estimate of drug-likeness (QED) is 0.532. The summed E-state index contributed by atoms with van der Waals surface area (Å²) in [6.45, 7) is 4.01. The summed E-state index contributed by atoms with van der Waals surface area (Å²) in [7, 11) is 0. The Bertz CT molecular complexity index is 292. The lowest BCUT2D eigenvalue weighted by Gasteiger charge is -2.19. The molecule has 0 aromatic heterocycles. The van der Waals surface area contributed by atoms with E-state index in [1.165, 1.54) is 0 Å². The van der Waals surface area contributed by atoms with Crippen molar-refractivity contribution >= 4 is 11.8 Å². The van der Waals surface area contributed by atoms with Gasteiger partial charge in [-0.05, 0) is 32.3 Å². The molecule has 0 aliphatic heterocycles. The van der Waals surface area contributed by atoms with Crippen LogP contribution in [0, 0.1) is 0 Å². The van der Waals surface area contributed by atoms with E-state index in [4.69, 9.17) is 4.74 Å². The Morgan fingerprint density at radius 3 is 2.88 bits per heavy atom. The molecule has 0 amide bonds. The molecule has 0 fully saturated rings. The van der Waals surface area contributed by atoms with Gasteiger partial charge in [-0.15, -0.1) is 0 Å². The highest BCUT2D eigenvalue weighted by Gasteiger charge is 2.24. The summed E-state index contributed by atoms with van der Waals surface area (Å²) in [6.07, 6.45) is 5.94. The summed E-state index contributed by atoms with van der Waals surface area (Å²) in [5.41, 5.74) is 1.07. The van der Waals surface area contributed by atoms with Crippen LogP contribution in [0.2, 0.25) is 0 Å². The van der Waals surface area contributed by atoms with Gasteiger partial charge in [-0.1, -0.05) is 25.3 Å². The molecule has 1 atom stereocenters. The fourth-order valence-corrected chi connectivity index (χ4v) is 1.76. The zero-order chi connectivity index (χ0) is 12.0. The van der Waals surface area contributed by atoms with Gasteiger partial charge in [0.05, 0.1) is 0 Å². The summed E-state index contributed by atoms with van der Waals surface area (Å²) < 4.78 is 5.17. The molecule has 0 aromatic rings. The highest BCUT2D eigenvalue weighted by atomic mass is 16.5. The van der Waals surface area contributed by atoms with Crippen LogP contribution in [-0.4, -0.2) is 17.9 Å². The van der Waals surface area contributed by atoms with Crippen molar-refractivity contribution in [2.75, 3.05) is 0 Å². The number of hydrogen-bond donors (Lipinski definition) is 0. The van der Waals surface area contributed by atoms with Crippen molar-refractivity contribution in [1.82, 2.24) is 0 Å². The maximum Gasteiger partial charge on any atom is 0.306 e. The fraction of sp³-hybridized carbons (Fsp3) is 0.692. The van der Waals surface area contributed by atoms with Gasteiger partial charge in [0.25, 0.3) is 0 Å². The zero-order valence-electron chi connectivity index (χ0n) is 10.1. The number of carbonyl (C=O) groups is 2. The van der Waals surface area contributed by atoms with Crippen molar-refractivity contribution in [2.45, 2.75) is 58.5 Å². The number of ether oxygens (including phenoxy) is 1. The van der Waals surface area contributed by atoms with Crippen LogP contribution in [0.5, 0.6) is 0 Å². The third-order valence-electron chi connectivity index (χ3n) is 2.77. The Hall–Kier alpha value is -1.12. The molecule has 0 bridgehead atoms. The van der Waals surface area contributed by atoms with Crippen LogP contribution in [-0.2, 0) is 14.3 Å². The van der Waals surface area contributed by atoms with E-state index in [1.807, 2.05) is 6.92 Å². The van der Waals surface area contributed by atoms with Gasteiger partial charge in [-0.3, -0.25) is 9.59 Å². The lowest BCUT2D eigenvalue weighted by molar-refractivity contribution is -0.154. The monoisotopic (exact) mass is 224 g/mol. The van der Waals surface area contributed by atoms with Crippen molar-refractivity contribution < 1.29 is 14.3 Å². The summed E-state index contributed by atoms with van der Waals surface area (Å²) in [6, 6.07) is 0. The lowest BCUT2D eigenvalue weighted by atomic mass is 9.97. The van der Waals surface area contributed by atoms with Crippen LogP contribution in [0.4, 0.5) is 0 Å². The van der Waals surface area contributed by atoms with E-state index >= 15 is 0 Å². The standard InChI is InChI=1S/C13H20O3/c1-3-4-5-6-13(15)16-12-8-7-10(2)9-11(12)14/h9,12H,3-8H2,1-2H3. The first kappa shape index (κ1) is 12.9. The molecule has 1 aliphatic carbocycles. The first-order valence-corrected chi connectivity index (χ1v) is 6.04. The second-order valence-electron chi connectivity index (χ2n) is 4.37. The molecule has 1 aliphatic rings. The molecular weight excluding hydrogens is 204 g/mol. The Labute approximate surface area is 96.9 Å². The number of unbranched alkanes of at least 4 members (excludes halogenated alkanes) is 2. The molecule has 90 valence electrons. The number of esters is 1. The highest BCUT2D eigenvalue weighted by molar-refractivity contribution is 5.96. The Morgan fingerprint density at radius 1 is 1.50 bits per heavy atom. The van der Waals surface area contributed by atoms with E-state index < -0.39 is 6.10 Å². The van der Waals surface area contributed by atoms with Gasteiger partial charge < -0.3 is 4.74 Å². The highest BCUT2D eigenvalue weighted by Crippen LogP contribution is 2.18. The Balaban J connectivity index is 2.32. The number of rotatable bonds is 5. The van der Waals surface area contributed by atoms with E-state index in [0.717, 1.165) is 31.3 Å². The molecule has 0 radical (unpaired) electrons. The molecule has 0 aromatic carbocycles. The van der Waals surface area contributed by atoms with Crippen LogP contribution in [0.15, 0.2) is 11.6 Å². The normalized spacial score (nSPS) is 20.5. The molecule has 0 spiro atoms. The van der Waals surface area contributed by atoms with Crippen LogP contribution >= 0.6 is 0 Å². The predicted molar refractivity (Wildman–Crippen MR) is 62.0 cm³/mol. The molecular formula is C13H20O3. The van der Waals surface area contributed by atoms with E-state index in [0.29, 0.717) is 12.8 Å². The second-order valence-corrected chi connectivity index (χ2v) is 4.37. The minimum absolute atomic E-state index is 0.0624. The number of allylic oxidation sites excluding steroid dienone is 1. The molecule has 3 heteroatoms. The molecule has 3 nitrogen and oxygen atoms in total. The molecule has 0 heterocycles. The van der Waals surface area contributed by atoms with Crippen LogP contribution in [0.25, 0.3) is 0 Å². The van der Waals surface area contributed by atoms with Crippen molar-refractivity contribution in [3.63, 3.8) is 0 Å². The maximum absolute atomic E-state index is 11.5. The molecule has 1 unspecified atom stereocenters. The van der Waals surface area contributed by atoms with E-state index in [9.17, 15) is 9.59 Å². The number of ketones is 1. The number of carbonyl (C=O) groups excluding carboxylic acids is 2. The van der Waals surface area contributed by atoms with Crippen LogP contribution in [0.3, 0.4) is 0 Å². The van der Waals surface area contributed by atoms with Crippen LogP contribution < -0.4 is 0 Å². The summed E-state index contributed by atoms with van der Waals surface area (Å²) in [4.78, 5) is 22.9. The van der Waals surface area contributed by atoms with Gasteiger partial charge in [0, 0.05) is 6.42 Å². The first-order chi connectivity index (χ1) is 7.63. The topological polar surface area (TPSA) is 43.4 Å². The lowest BCUT2D eigenvalue weighted by Crippen LogP contribution is -2.28. The van der Waals surface area contributed by atoms with Gasteiger partial charge >= 0.3 is 5.97 Å². The third kappa shape index (κ3) is 4.17. The second kappa shape index (κ2) is 6.46. The van der Waals surface area contributed by atoms with Crippen molar-refractivity contribution in [3.05, 3.63) is 11.6 Å². The van der Waals surface area contributed by atoms with Gasteiger partial charge in [-0.25, -0.2) is 0 Å². The Morgan fingerprint density at radius 2 is 2.25 bits per heavy atom. The van der Waals surface area contributed by atoms with Gasteiger partial charge in [-0.2, -0.15) is 0 Å². The minimum Gasteiger partial charge on any atom is -0.454 e. The zero-order valence-corrected chi connectivity index (χ0v) is 10.1. The van der Waals surface area contributed by atoms with E-state index in [-0.39, 0.29) is 11.8 Å². The van der Waals surface area contributed by atoms with Gasteiger partial charge in [0.2, 0.25) is 0 Å². The average molecular weight is 224 g/mol. The fourth-order valence-electron chi connectivity index (χ4n) is 1.76. The molecule has 0 saturated heterocycles. The summed E-state index contributed by atoms with van der Waals surface area (Å²) >= 11 is 0. The summed E-state index contributed by atoms with van der Waals surface area (Å²) in [5, 5.41) is 0. The molecule has 0 saturated carbocycles. The Kier molecular flexibility index (Phi) is 5.23. The van der Waals surface area contributed by atoms with E-state index in [2.05, 4.69) is 6.92 Å². The van der Waals surface area contributed by atoms with Gasteiger partial charge in [0.15, 0.2) is 11.9 Å². The van der Waals surface area contributed by atoms with Crippen molar-refractivity contribution in [3.8, 4) is 0 Å². The predicted octanol–water partition coefficient (Wildman–Crippen LogP) is 2.79. The van der Waals surface area contributed by atoms with Crippen molar-refractivity contribution in [1.29, 1.82) is 0 Å². The first-order valence-electron chi connectivity index (χ1n) is 6.04. The number of hydrogen-bond acceptors (Lipinski definition) is 3. The molecule has 16 heavy (non-hydrogen) atoms. The molecule has 1 rings (SSSR count). The van der Waals surface area contributed by atoms with Gasteiger partial charge in [0.1, 0.15) is 0 Å². The average Bonchev–Trinajstić information content (AvgIpc) is 2.23. The maximum atomic E-state index is 11.5.